The van der Waals surface area contributed by atoms with E-state index in [0.717, 1.165) is 53.9 Å². The van der Waals surface area contributed by atoms with Crippen LogP contribution in [-0.2, 0) is 25.7 Å². The Morgan fingerprint density at radius 1 is 0.531 bits per heavy atom. The van der Waals surface area contributed by atoms with Crippen molar-refractivity contribution in [1.29, 1.82) is 0 Å². The van der Waals surface area contributed by atoms with Gasteiger partial charge >= 0.3 is 0 Å². The van der Waals surface area contributed by atoms with Gasteiger partial charge in [0.2, 0.25) is 0 Å². The summed E-state index contributed by atoms with van der Waals surface area (Å²) in [5.74, 6) is 2.98. The highest BCUT2D eigenvalue weighted by Crippen LogP contribution is 2.31. The summed E-state index contributed by atoms with van der Waals surface area (Å²) in [6.45, 7) is 29.8. The zero-order chi connectivity index (χ0) is 36.7. The number of hydrogen-bond donors (Lipinski definition) is 6. The molecule has 0 unspecified atom stereocenters. The molecule has 3 aromatic carbocycles. The normalized spacial score (nSPS) is 10.9. The van der Waals surface area contributed by atoms with Crippen LogP contribution in [0.1, 0.15) is 127 Å². The van der Waals surface area contributed by atoms with Crippen molar-refractivity contribution in [1.82, 2.24) is 0 Å². The van der Waals surface area contributed by atoms with E-state index in [1.807, 2.05) is 25.1 Å². The van der Waals surface area contributed by atoms with Crippen molar-refractivity contribution in [3.8, 4) is 17.2 Å². The smallest absolute Gasteiger partial charge is 0.121 e. The first kappa shape index (κ1) is 45.5. The lowest BCUT2D eigenvalue weighted by atomic mass is 9.98. The topological polar surface area (TPSA) is 96.8 Å². The Balaban J connectivity index is 0. The van der Waals surface area contributed by atoms with Crippen molar-refractivity contribution >= 4 is 17.1 Å². The van der Waals surface area contributed by atoms with Crippen molar-refractivity contribution < 1.29 is 16.7 Å². The van der Waals surface area contributed by atoms with E-state index in [1.54, 1.807) is 6.07 Å². The van der Waals surface area contributed by atoms with Crippen LogP contribution >= 0.6 is 0 Å². The van der Waals surface area contributed by atoms with Crippen LogP contribution in [-0.4, -0.2) is 33.4 Å². The molecule has 3 rings (SSSR count). The molecule has 280 valence electrons. The van der Waals surface area contributed by atoms with Gasteiger partial charge in [0, 0.05) is 53.8 Å². The highest BCUT2D eigenvalue weighted by molar-refractivity contribution is 5.60. The molecule has 0 atom stereocenters. The summed E-state index contributed by atoms with van der Waals surface area (Å²) in [4.78, 5) is 0. The lowest BCUT2D eigenvalue weighted by molar-refractivity contribution is 0.467. The van der Waals surface area contributed by atoms with Crippen LogP contribution in [0, 0.1) is 24.7 Å². The molecule has 0 aromatic heterocycles. The van der Waals surface area contributed by atoms with Crippen molar-refractivity contribution in [3.63, 3.8) is 0 Å². The van der Waals surface area contributed by atoms with E-state index < -0.39 is 0 Å². The van der Waals surface area contributed by atoms with Crippen LogP contribution in [0.3, 0.4) is 0 Å². The molecule has 0 saturated heterocycles. The monoisotopic (exact) mass is 682 g/mol. The minimum Gasteiger partial charge on any atom is -0.508 e. The summed E-state index contributed by atoms with van der Waals surface area (Å²) >= 11 is 0. The number of rotatable bonds is 13. The van der Waals surface area contributed by atoms with Crippen LogP contribution in [0.2, 0.25) is 0 Å². The van der Waals surface area contributed by atoms with E-state index in [2.05, 4.69) is 124 Å². The molecule has 6 heteroatoms. The molecule has 0 radical (unpaired) electrons. The van der Waals surface area contributed by atoms with E-state index >= 15 is 0 Å². The largest absolute Gasteiger partial charge is 0.508 e. The summed E-state index contributed by atoms with van der Waals surface area (Å²) < 4.78 is 0. The highest BCUT2D eigenvalue weighted by Gasteiger charge is 2.11. The number of benzene rings is 3. The van der Waals surface area contributed by atoms with Gasteiger partial charge in [-0.2, -0.15) is 0 Å². The third kappa shape index (κ3) is 18.1. The summed E-state index contributed by atoms with van der Waals surface area (Å²) in [6, 6.07) is 15.0. The fraction of sp³-hybridized carbons (Fsp3) is 0.581. The molecule has 0 aliphatic rings. The maximum Gasteiger partial charge on any atom is 0.121 e. The fourth-order valence-electron chi connectivity index (χ4n) is 5.60. The first-order valence-corrected chi connectivity index (χ1v) is 18.1. The maximum absolute atomic E-state index is 10.1. The fourth-order valence-corrected chi connectivity index (χ4v) is 5.60. The third-order valence-corrected chi connectivity index (χ3v) is 7.33. The first-order valence-electron chi connectivity index (χ1n) is 18.1. The average molecular weight is 682 g/mol. The molecule has 0 aliphatic carbocycles. The lowest BCUT2D eigenvalue weighted by Crippen LogP contribution is -2.12. The molecule has 6 N–H and O–H groups in total. The van der Waals surface area contributed by atoms with Gasteiger partial charge in [-0.1, -0.05) is 55.9 Å². The van der Waals surface area contributed by atoms with E-state index in [9.17, 15) is 15.3 Å². The van der Waals surface area contributed by atoms with Gasteiger partial charge in [-0.25, -0.2) is 0 Å². The Bertz CT molecular complexity index is 1360. The van der Waals surface area contributed by atoms with Gasteiger partial charge in [0.05, 0.1) is 0 Å². The van der Waals surface area contributed by atoms with E-state index in [4.69, 9.17) is 0 Å². The minimum absolute atomic E-state index is 0. The van der Waals surface area contributed by atoms with Crippen molar-refractivity contribution in [3.05, 3.63) is 70.3 Å². The number of anilines is 3. The molecule has 0 spiro atoms. The van der Waals surface area contributed by atoms with E-state index in [1.165, 1.54) is 16.7 Å². The van der Waals surface area contributed by atoms with E-state index in [-0.39, 0.29) is 8.85 Å². The van der Waals surface area contributed by atoms with Crippen molar-refractivity contribution in [2.24, 2.45) is 17.8 Å². The predicted molar refractivity (Wildman–Crippen MR) is 219 cm³/mol. The Morgan fingerprint density at radius 2 is 0.939 bits per heavy atom. The van der Waals surface area contributed by atoms with E-state index in [0.29, 0.717) is 53.1 Å². The molecule has 0 heterocycles. The van der Waals surface area contributed by atoms with Gasteiger partial charge in [-0.15, -0.1) is 0 Å². The van der Waals surface area contributed by atoms with Crippen molar-refractivity contribution in [2.45, 2.75) is 148 Å². The predicted octanol–water partition coefficient (Wildman–Crippen LogP) is 12.0. The maximum atomic E-state index is 10.1. The summed E-state index contributed by atoms with van der Waals surface area (Å²) in [6.07, 6.45) is 3.86. The molecule has 0 bridgehead atoms. The number of aromatic hydroxyl groups is 3. The number of hydrogen-bond acceptors (Lipinski definition) is 6. The zero-order valence-corrected chi connectivity index (χ0v) is 32.7. The Morgan fingerprint density at radius 3 is 1.37 bits per heavy atom. The summed E-state index contributed by atoms with van der Waals surface area (Å²) in [5.41, 5.74) is 8.67. The number of phenols is 3. The zero-order valence-electron chi connectivity index (χ0n) is 32.7. The first-order chi connectivity index (χ1) is 22.3. The molecule has 0 saturated carbocycles. The second-order valence-electron chi connectivity index (χ2n) is 15.4. The Kier molecular flexibility index (Phi) is 20.6. The number of phenolic OH excluding ortho intramolecular Hbond substituents is 3. The molecular formula is C43H75N3O3. The summed E-state index contributed by atoms with van der Waals surface area (Å²) in [7, 11) is 0. The molecular weight excluding hydrogens is 606 g/mol. The Hall–Kier alpha value is -3.54. The average Bonchev–Trinajstić information content (AvgIpc) is 2.89. The molecule has 6 nitrogen and oxygen atoms in total. The number of nitrogens with one attached hydrogen (secondary N) is 3. The molecule has 0 amide bonds. The van der Waals surface area contributed by atoms with Gasteiger partial charge in [0.15, 0.2) is 0 Å². The SMILES string of the molecule is C.CC(C)Cc1cc(O)cc(NC(C)C)c1.CCc1c(O)cc(CC(C)C)cc1NC(C)C.Cc1c(O)cc(CC(C)C)cc1NC(C)C.[HH]. The quantitative estimate of drug-likeness (QED) is 0.107. The highest BCUT2D eigenvalue weighted by atomic mass is 16.3. The summed E-state index contributed by atoms with van der Waals surface area (Å²) in [5, 5.41) is 39.6. The standard InChI is InChI=1S/C15H25NO.C14H23NO.C13H21NO.CH4.H2/c1-6-13-14(16-11(4)5)8-12(7-10(2)3)9-15(13)17;1-9(2)6-12-7-13(15-10(3)4)11(5)14(16)8-12;1-9(2)5-11-6-12(14-10(3)4)8-13(15)7-11;;/h8-11,16-17H,6-7H2,1-5H3;7-10,15-16H,6H2,1-5H3;6-10,14-15H,5H2,1-4H3;1H4;1H. The molecule has 0 aliphatic heterocycles. The van der Waals surface area contributed by atoms with Gasteiger partial charge in [-0.3, -0.25) is 0 Å². The van der Waals surface area contributed by atoms with Crippen LogP contribution in [0.15, 0.2) is 42.5 Å². The van der Waals surface area contributed by atoms with Gasteiger partial charge in [0.25, 0.3) is 0 Å². The Labute approximate surface area is 302 Å². The van der Waals surface area contributed by atoms with Crippen LogP contribution in [0.5, 0.6) is 17.2 Å². The molecule has 0 fully saturated rings. The molecule has 49 heavy (non-hydrogen) atoms. The van der Waals surface area contributed by atoms with Gasteiger partial charge < -0.3 is 31.3 Å². The van der Waals surface area contributed by atoms with Gasteiger partial charge in [0.1, 0.15) is 17.2 Å². The molecule has 3 aromatic rings. The van der Waals surface area contributed by atoms with Crippen LogP contribution in [0.4, 0.5) is 17.1 Å². The second-order valence-corrected chi connectivity index (χ2v) is 15.4. The van der Waals surface area contributed by atoms with Crippen molar-refractivity contribution in [2.75, 3.05) is 16.0 Å². The van der Waals surface area contributed by atoms with Crippen LogP contribution < -0.4 is 16.0 Å². The lowest BCUT2D eigenvalue weighted by Gasteiger charge is -2.17. The van der Waals surface area contributed by atoms with Gasteiger partial charge in [-0.05, 0) is 145 Å². The van der Waals surface area contributed by atoms with Crippen LogP contribution in [0.25, 0.3) is 0 Å². The second kappa shape index (κ2) is 22.2. The third-order valence-electron chi connectivity index (χ3n) is 7.33. The minimum atomic E-state index is 0.